The highest BCUT2D eigenvalue weighted by atomic mass is 19.1. The highest BCUT2D eigenvalue weighted by Gasteiger charge is 2.16. The number of fused-ring (bicyclic) bond motifs is 1. The predicted octanol–water partition coefficient (Wildman–Crippen LogP) is 3.82. The molecule has 0 fully saturated rings. The van der Waals surface area contributed by atoms with Crippen molar-refractivity contribution in [3.63, 3.8) is 0 Å². The van der Waals surface area contributed by atoms with Crippen molar-refractivity contribution in [2.75, 3.05) is 27.9 Å². The van der Waals surface area contributed by atoms with Crippen molar-refractivity contribution in [3.8, 4) is 17.2 Å². The van der Waals surface area contributed by atoms with Crippen molar-refractivity contribution in [2.45, 2.75) is 6.42 Å². The van der Waals surface area contributed by atoms with E-state index in [2.05, 4.69) is 15.8 Å². The summed E-state index contributed by atoms with van der Waals surface area (Å²) in [4.78, 5) is 25.7. The molecule has 0 aliphatic heterocycles. The summed E-state index contributed by atoms with van der Waals surface area (Å²) in [5, 5.41) is 7.48. The van der Waals surface area contributed by atoms with Gasteiger partial charge in [0.05, 0.1) is 21.3 Å². The normalized spacial score (nSPS) is 11.2. The number of halogens is 1. The Kier molecular flexibility index (Phi) is 8.22. The van der Waals surface area contributed by atoms with E-state index in [1.807, 2.05) is 12.1 Å². The predicted molar refractivity (Wildman–Crippen MR) is 138 cm³/mol. The van der Waals surface area contributed by atoms with Crippen molar-refractivity contribution in [2.24, 2.45) is 5.10 Å². The van der Waals surface area contributed by atoms with Crippen molar-refractivity contribution < 1.29 is 32.6 Å². The summed E-state index contributed by atoms with van der Waals surface area (Å²) in [7, 11) is 4.60. The summed E-state index contributed by atoms with van der Waals surface area (Å²) in [5.41, 5.74) is 3.62. The van der Waals surface area contributed by atoms with E-state index in [0.29, 0.717) is 41.2 Å². The number of methoxy groups -OCH3 is 3. The van der Waals surface area contributed by atoms with Crippen LogP contribution in [0.15, 0.2) is 76.2 Å². The van der Waals surface area contributed by atoms with Crippen molar-refractivity contribution in [3.05, 3.63) is 94.8 Å². The number of amides is 2. The summed E-state index contributed by atoms with van der Waals surface area (Å²) < 4.78 is 35.4. The lowest BCUT2D eigenvalue weighted by molar-refractivity contribution is 0.0934. The van der Waals surface area contributed by atoms with E-state index >= 15 is 0 Å². The van der Waals surface area contributed by atoms with Gasteiger partial charge >= 0.3 is 0 Å². The van der Waals surface area contributed by atoms with Gasteiger partial charge < -0.3 is 23.9 Å². The van der Waals surface area contributed by atoms with Gasteiger partial charge in [-0.15, -0.1) is 5.10 Å². The van der Waals surface area contributed by atoms with Crippen LogP contribution in [0.2, 0.25) is 0 Å². The van der Waals surface area contributed by atoms with E-state index in [1.54, 1.807) is 44.6 Å². The van der Waals surface area contributed by atoms with E-state index in [1.165, 1.54) is 25.3 Å². The van der Waals surface area contributed by atoms with Crippen LogP contribution in [-0.2, 0) is 6.42 Å². The highest BCUT2D eigenvalue weighted by Crippen LogP contribution is 2.27. The van der Waals surface area contributed by atoms with Crippen LogP contribution < -0.4 is 30.5 Å². The molecule has 0 aliphatic carbocycles. The van der Waals surface area contributed by atoms with Crippen LogP contribution in [0, 0.1) is 5.82 Å². The number of hydrogen-bond acceptors (Lipinski definition) is 7. The molecule has 38 heavy (non-hydrogen) atoms. The molecular weight excluding hydrogens is 493 g/mol. The number of rotatable bonds is 9. The summed E-state index contributed by atoms with van der Waals surface area (Å²) in [6, 6.07) is 17.5. The van der Waals surface area contributed by atoms with Gasteiger partial charge in [0.1, 0.15) is 11.4 Å². The maximum absolute atomic E-state index is 13.5. The maximum Gasteiger partial charge on any atom is 0.271 e. The van der Waals surface area contributed by atoms with Gasteiger partial charge in [0.15, 0.2) is 22.8 Å². The third-order valence-corrected chi connectivity index (χ3v) is 5.70. The number of carbonyl (C=O) groups excluding carboxylic acids is 2. The molecule has 0 unspecified atom stereocenters. The first-order chi connectivity index (χ1) is 18.4. The van der Waals surface area contributed by atoms with Gasteiger partial charge in [-0.3, -0.25) is 9.59 Å². The summed E-state index contributed by atoms with van der Waals surface area (Å²) >= 11 is 0. The zero-order chi connectivity index (χ0) is 27.1. The molecule has 9 nitrogen and oxygen atoms in total. The second-order valence-electron chi connectivity index (χ2n) is 8.10. The Morgan fingerprint density at radius 2 is 1.63 bits per heavy atom. The minimum atomic E-state index is -0.667. The van der Waals surface area contributed by atoms with E-state index < -0.39 is 17.6 Å². The molecule has 0 aliphatic rings. The Balaban J connectivity index is 1.60. The zero-order valence-corrected chi connectivity index (χ0v) is 21.0. The highest BCUT2D eigenvalue weighted by molar-refractivity contribution is 5.97. The molecule has 2 amide bonds. The summed E-state index contributed by atoms with van der Waals surface area (Å²) in [6.07, 6.45) is 0.521. The molecule has 0 radical (unpaired) electrons. The van der Waals surface area contributed by atoms with Gasteiger partial charge in [-0.1, -0.05) is 24.3 Å². The molecule has 0 bridgehead atoms. The van der Waals surface area contributed by atoms with Crippen LogP contribution in [0.25, 0.3) is 11.0 Å². The Morgan fingerprint density at radius 1 is 0.868 bits per heavy atom. The van der Waals surface area contributed by atoms with Gasteiger partial charge in [-0.25, -0.2) is 9.82 Å². The third kappa shape index (κ3) is 5.92. The fraction of sp³-hybridized carbons (Fsp3) is 0.179. The Bertz CT molecular complexity index is 1550. The lowest BCUT2D eigenvalue weighted by Crippen LogP contribution is -2.32. The van der Waals surface area contributed by atoms with E-state index in [0.717, 1.165) is 11.6 Å². The lowest BCUT2D eigenvalue weighted by atomic mass is 10.1. The number of nitrogens with zero attached hydrogens (tertiary/aromatic N) is 1. The van der Waals surface area contributed by atoms with Crippen LogP contribution in [-0.4, -0.2) is 39.7 Å². The number of nitrogens with one attached hydrogen (secondary N) is 2. The number of hydrogen-bond donors (Lipinski definition) is 2. The Labute approximate surface area is 217 Å². The van der Waals surface area contributed by atoms with Crippen molar-refractivity contribution >= 4 is 22.8 Å². The largest absolute Gasteiger partial charge is 0.493 e. The van der Waals surface area contributed by atoms with Gasteiger partial charge in [0.2, 0.25) is 5.55 Å². The maximum atomic E-state index is 13.5. The third-order valence-electron chi connectivity index (χ3n) is 5.70. The molecule has 1 heterocycles. The van der Waals surface area contributed by atoms with Gasteiger partial charge in [-0.05, 0) is 54.4 Å². The number of ether oxygens (including phenoxy) is 3. The van der Waals surface area contributed by atoms with Crippen molar-refractivity contribution in [1.29, 1.82) is 0 Å². The van der Waals surface area contributed by atoms with Crippen LogP contribution in [0.4, 0.5) is 4.39 Å². The molecule has 4 rings (SSSR count). The fourth-order valence-electron chi connectivity index (χ4n) is 3.78. The van der Waals surface area contributed by atoms with Crippen LogP contribution >= 0.6 is 0 Å². The van der Waals surface area contributed by atoms with Crippen LogP contribution in [0.5, 0.6) is 17.2 Å². The van der Waals surface area contributed by atoms with Gasteiger partial charge in [-0.2, -0.15) is 0 Å². The first kappa shape index (κ1) is 26.2. The SMILES string of the molecule is COc1ccc(CCNC(=O)c2cc3cccc(OC)c3oc2=NNC(=O)c2cccc(F)c2)cc1OC. The monoisotopic (exact) mass is 519 g/mol. The Morgan fingerprint density at radius 3 is 2.37 bits per heavy atom. The van der Waals surface area contributed by atoms with E-state index in [4.69, 9.17) is 18.6 Å². The lowest BCUT2D eigenvalue weighted by Gasteiger charge is -2.11. The molecule has 0 saturated heterocycles. The molecule has 10 heteroatoms. The molecule has 1 aromatic heterocycles. The average Bonchev–Trinajstić information content (AvgIpc) is 2.94. The molecule has 0 saturated carbocycles. The average molecular weight is 520 g/mol. The first-order valence-corrected chi connectivity index (χ1v) is 11.6. The second-order valence-corrected chi connectivity index (χ2v) is 8.10. The quantitative estimate of drug-likeness (QED) is 0.325. The molecule has 4 aromatic rings. The minimum absolute atomic E-state index is 0.0630. The van der Waals surface area contributed by atoms with Gasteiger partial charge in [0.25, 0.3) is 11.8 Å². The summed E-state index contributed by atoms with van der Waals surface area (Å²) in [6.45, 7) is 0.305. The molecular formula is C28H26FN3O6. The molecule has 0 atom stereocenters. The fourth-order valence-corrected chi connectivity index (χ4v) is 3.78. The van der Waals surface area contributed by atoms with Crippen molar-refractivity contribution in [1.82, 2.24) is 10.7 Å². The number of para-hydroxylation sites is 1. The molecule has 196 valence electrons. The topological polar surface area (TPSA) is 111 Å². The van der Waals surface area contributed by atoms with Crippen LogP contribution in [0.1, 0.15) is 26.3 Å². The zero-order valence-electron chi connectivity index (χ0n) is 21.0. The first-order valence-electron chi connectivity index (χ1n) is 11.6. The number of carbonyl (C=O) groups is 2. The number of benzene rings is 3. The smallest absolute Gasteiger partial charge is 0.271 e. The van der Waals surface area contributed by atoms with E-state index in [-0.39, 0.29) is 16.7 Å². The molecule has 0 spiro atoms. The standard InChI is InChI=1S/C28H26FN3O6/c1-35-22-11-10-17(14-24(22)37-3)12-13-30-27(34)21-16-18-6-5-9-23(36-2)25(18)38-28(21)32-31-26(33)19-7-4-8-20(29)15-19/h4-11,14-16H,12-13H2,1-3H3,(H,30,34)(H,31,33). The molecule has 2 N–H and O–H groups in total. The molecule has 3 aromatic carbocycles. The Hall–Kier alpha value is -4.86. The van der Waals surface area contributed by atoms with E-state index in [9.17, 15) is 14.0 Å². The minimum Gasteiger partial charge on any atom is -0.493 e. The second kappa shape index (κ2) is 11.9. The van der Waals surface area contributed by atoms with Gasteiger partial charge in [0, 0.05) is 17.5 Å². The summed E-state index contributed by atoms with van der Waals surface area (Å²) in [5.74, 6) is -0.0609. The van der Waals surface area contributed by atoms with Crippen LogP contribution in [0.3, 0.4) is 0 Å².